The fraction of sp³-hybridized carbons (Fsp3) is 0.375. The van der Waals surface area contributed by atoms with E-state index < -0.39 is 0 Å². The number of fused-ring (bicyclic) bond motifs is 1. The van der Waals surface area contributed by atoms with Gasteiger partial charge in [-0.3, -0.25) is 9.59 Å². The number of carbonyl (C=O) groups is 1. The van der Waals surface area contributed by atoms with Crippen LogP contribution in [0.3, 0.4) is 0 Å². The molecule has 21 heavy (non-hydrogen) atoms. The number of carbonyl (C=O) groups excluding carboxylic acids is 1. The van der Waals surface area contributed by atoms with E-state index in [1.54, 1.807) is 12.3 Å². The number of nitrogens with one attached hydrogen (secondary N) is 1. The molecule has 1 aliphatic heterocycles. The maximum absolute atomic E-state index is 12.7. The van der Waals surface area contributed by atoms with Crippen LogP contribution in [0.25, 0.3) is 10.9 Å². The van der Waals surface area contributed by atoms with Crippen molar-refractivity contribution >= 4 is 28.6 Å². The molecule has 2 aromatic rings. The Morgan fingerprint density at radius 2 is 2.10 bits per heavy atom. The molecule has 3 rings (SSSR count). The second-order valence-electron chi connectivity index (χ2n) is 5.39. The van der Waals surface area contributed by atoms with E-state index in [0.717, 1.165) is 11.3 Å². The van der Waals surface area contributed by atoms with Crippen LogP contribution >= 0.6 is 11.8 Å². The summed E-state index contributed by atoms with van der Waals surface area (Å²) in [6, 6.07) is 7.41. The Morgan fingerprint density at radius 3 is 2.90 bits per heavy atom. The number of aromatic amines is 1. The Morgan fingerprint density at radius 1 is 1.33 bits per heavy atom. The summed E-state index contributed by atoms with van der Waals surface area (Å²) in [5.74, 6) is 0.754. The molecule has 2 atom stereocenters. The van der Waals surface area contributed by atoms with Gasteiger partial charge in [-0.2, -0.15) is 11.8 Å². The van der Waals surface area contributed by atoms with Gasteiger partial charge in [0.1, 0.15) is 5.56 Å². The van der Waals surface area contributed by atoms with Crippen molar-refractivity contribution in [1.82, 2.24) is 9.88 Å². The number of nitrogens with zero attached hydrogens (tertiary/aromatic N) is 1. The largest absolute Gasteiger partial charge is 0.360 e. The number of thioether (sulfide) groups is 1. The van der Waals surface area contributed by atoms with E-state index in [-0.39, 0.29) is 22.9 Å². The van der Waals surface area contributed by atoms with Crippen LogP contribution in [0.5, 0.6) is 0 Å². The molecule has 0 saturated carbocycles. The van der Waals surface area contributed by atoms with Crippen molar-refractivity contribution in [3.05, 3.63) is 46.2 Å². The van der Waals surface area contributed by atoms with Gasteiger partial charge in [0, 0.05) is 40.7 Å². The molecule has 0 aliphatic carbocycles. The second kappa shape index (κ2) is 5.56. The molecule has 0 bridgehead atoms. The van der Waals surface area contributed by atoms with Crippen LogP contribution in [0.1, 0.15) is 24.2 Å². The van der Waals surface area contributed by atoms with Crippen molar-refractivity contribution < 1.29 is 4.79 Å². The van der Waals surface area contributed by atoms with Crippen molar-refractivity contribution in [2.45, 2.75) is 25.1 Å². The van der Waals surface area contributed by atoms with Crippen LogP contribution in [-0.2, 0) is 0 Å². The van der Waals surface area contributed by atoms with Crippen molar-refractivity contribution in [2.24, 2.45) is 0 Å². The van der Waals surface area contributed by atoms with Gasteiger partial charge in [-0.05, 0) is 19.1 Å². The van der Waals surface area contributed by atoms with Crippen LogP contribution in [0, 0.1) is 0 Å². The molecule has 0 spiro atoms. The summed E-state index contributed by atoms with van der Waals surface area (Å²) in [5, 5.41) is 0.956. The number of pyridine rings is 1. The van der Waals surface area contributed by atoms with Crippen LogP contribution in [-0.4, -0.2) is 39.4 Å². The summed E-state index contributed by atoms with van der Waals surface area (Å²) in [7, 11) is 0. The van der Waals surface area contributed by atoms with E-state index in [9.17, 15) is 9.59 Å². The number of amides is 1. The van der Waals surface area contributed by atoms with Crippen molar-refractivity contribution in [3.63, 3.8) is 0 Å². The lowest BCUT2D eigenvalue weighted by atomic mass is 10.1. The van der Waals surface area contributed by atoms with Gasteiger partial charge in [0.15, 0.2) is 0 Å². The van der Waals surface area contributed by atoms with Gasteiger partial charge in [0.05, 0.1) is 0 Å². The smallest absolute Gasteiger partial charge is 0.259 e. The summed E-state index contributed by atoms with van der Waals surface area (Å²) in [6.45, 7) is 4.87. The summed E-state index contributed by atoms with van der Waals surface area (Å²) in [4.78, 5) is 30.1. The molecule has 1 fully saturated rings. The normalized spacial score (nSPS) is 22.5. The first-order valence-electron chi connectivity index (χ1n) is 7.12. The highest BCUT2D eigenvalue weighted by molar-refractivity contribution is 8.00. The van der Waals surface area contributed by atoms with E-state index in [2.05, 4.69) is 11.9 Å². The van der Waals surface area contributed by atoms with Crippen molar-refractivity contribution in [3.8, 4) is 0 Å². The van der Waals surface area contributed by atoms with E-state index in [1.165, 1.54) is 0 Å². The number of aromatic nitrogens is 1. The van der Waals surface area contributed by atoms with Gasteiger partial charge in [0.2, 0.25) is 5.43 Å². The van der Waals surface area contributed by atoms with E-state index in [4.69, 9.17) is 0 Å². The summed E-state index contributed by atoms with van der Waals surface area (Å²) in [6.07, 6.45) is 1.55. The molecule has 1 saturated heterocycles. The molecular formula is C16H18N2O2S. The highest BCUT2D eigenvalue weighted by Crippen LogP contribution is 2.25. The van der Waals surface area contributed by atoms with E-state index in [1.807, 2.05) is 41.8 Å². The average Bonchev–Trinajstić information content (AvgIpc) is 2.50. The summed E-state index contributed by atoms with van der Waals surface area (Å²) in [5.41, 5.74) is 0.807. The van der Waals surface area contributed by atoms with Crippen LogP contribution in [0.4, 0.5) is 0 Å². The molecule has 4 nitrogen and oxygen atoms in total. The minimum Gasteiger partial charge on any atom is -0.360 e. The van der Waals surface area contributed by atoms with Gasteiger partial charge in [-0.15, -0.1) is 0 Å². The molecule has 1 aliphatic rings. The van der Waals surface area contributed by atoms with Crippen molar-refractivity contribution in [1.29, 1.82) is 0 Å². The van der Waals surface area contributed by atoms with Gasteiger partial charge < -0.3 is 9.88 Å². The van der Waals surface area contributed by atoms with Crippen molar-refractivity contribution in [2.75, 3.05) is 12.3 Å². The van der Waals surface area contributed by atoms with Crippen LogP contribution < -0.4 is 5.43 Å². The molecule has 1 amide bonds. The lowest BCUT2D eigenvalue weighted by Crippen LogP contribution is -2.49. The standard InChI is InChI=1S/C16H18N2O2S/c1-10-11(2)21-8-7-18(10)16(20)13-9-17-14-6-4-3-5-12(14)15(13)19/h3-6,9-11H,7-8H2,1-2H3,(H,17,19). The zero-order valence-electron chi connectivity index (χ0n) is 12.1. The fourth-order valence-electron chi connectivity index (χ4n) is 2.70. The number of rotatable bonds is 1. The number of benzene rings is 1. The molecule has 1 N–H and O–H groups in total. The quantitative estimate of drug-likeness (QED) is 0.880. The molecule has 5 heteroatoms. The number of para-hydroxylation sites is 1. The molecule has 1 aromatic carbocycles. The molecule has 1 aromatic heterocycles. The molecule has 2 unspecified atom stereocenters. The SMILES string of the molecule is CC1SCCN(C(=O)c2c[nH]c3ccccc3c2=O)C1C. The number of hydrogen-bond donors (Lipinski definition) is 1. The zero-order valence-corrected chi connectivity index (χ0v) is 12.9. The van der Waals surface area contributed by atoms with Crippen LogP contribution in [0.15, 0.2) is 35.3 Å². The first kappa shape index (κ1) is 14.2. The Labute approximate surface area is 127 Å². The lowest BCUT2D eigenvalue weighted by Gasteiger charge is -2.37. The Kier molecular flexibility index (Phi) is 3.76. The van der Waals surface area contributed by atoms with Gasteiger partial charge in [-0.1, -0.05) is 19.1 Å². The number of H-pyrrole nitrogens is 1. The fourth-order valence-corrected chi connectivity index (χ4v) is 3.80. The monoisotopic (exact) mass is 302 g/mol. The highest BCUT2D eigenvalue weighted by atomic mass is 32.2. The van der Waals surface area contributed by atoms with E-state index in [0.29, 0.717) is 17.2 Å². The predicted molar refractivity (Wildman–Crippen MR) is 87.0 cm³/mol. The van der Waals surface area contributed by atoms with Gasteiger partial charge >= 0.3 is 0 Å². The Hall–Kier alpha value is -1.75. The van der Waals surface area contributed by atoms with Crippen LogP contribution in [0.2, 0.25) is 0 Å². The third-order valence-electron chi connectivity index (χ3n) is 4.16. The summed E-state index contributed by atoms with van der Waals surface area (Å²) >= 11 is 1.87. The zero-order chi connectivity index (χ0) is 15.0. The maximum Gasteiger partial charge on any atom is 0.259 e. The Bertz CT molecular complexity index is 740. The maximum atomic E-state index is 12.7. The topological polar surface area (TPSA) is 53.2 Å². The summed E-state index contributed by atoms with van der Waals surface area (Å²) < 4.78 is 0. The predicted octanol–water partition coefficient (Wildman–Crippen LogP) is 2.49. The number of hydrogen-bond acceptors (Lipinski definition) is 3. The molecule has 0 radical (unpaired) electrons. The first-order chi connectivity index (χ1) is 10.1. The van der Waals surface area contributed by atoms with Gasteiger partial charge in [0.25, 0.3) is 5.91 Å². The third kappa shape index (κ3) is 2.46. The van der Waals surface area contributed by atoms with E-state index >= 15 is 0 Å². The minimum absolute atomic E-state index is 0.141. The molecule has 110 valence electrons. The second-order valence-corrected chi connectivity index (χ2v) is 6.88. The average molecular weight is 302 g/mol. The van der Waals surface area contributed by atoms with Gasteiger partial charge in [-0.25, -0.2) is 0 Å². The highest BCUT2D eigenvalue weighted by Gasteiger charge is 2.30. The lowest BCUT2D eigenvalue weighted by molar-refractivity contribution is 0.0696. The first-order valence-corrected chi connectivity index (χ1v) is 8.17. The molecular weight excluding hydrogens is 284 g/mol. The Balaban J connectivity index is 2.02. The molecule has 2 heterocycles. The third-order valence-corrected chi connectivity index (χ3v) is 5.50. The minimum atomic E-state index is -0.188.